The number of likely N-dealkylation sites (tertiary alicyclic amines) is 2. The van der Waals surface area contributed by atoms with Gasteiger partial charge in [0.2, 0.25) is 17.6 Å². The average molecular weight is 554 g/mol. The van der Waals surface area contributed by atoms with Crippen molar-refractivity contribution in [2.24, 2.45) is 10.8 Å². The van der Waals surface area contributed by atoms with Gasteiger partial charge in [-0.3, -0.25) is 19.6 Å². The van der Waals surface area contributed by atoms with E-state index in [-0.39, 0.29) is 35.0 Å². The van der Waals surface area contributed by atoms with Gasteiger partial charge in [0, 0.05) is 57.9 Å². The number of hydrogen-bond acceptors (Lipinski definition) is 9. The van der Waals surface area contributed by atoms with Gasteiger partial charge >= 0.3 is 0 Å². The van der Waals surface area contributed by atoms with Crippen molar-refractivity contribution >= 4 is 28.7 Å². The maximum absolute atomic E-state index is 13.7. The Morgan fingerprint density at radius 3 is 2.49 bits per heavy atom. The third kappa shape index (κ3) is 5.20. The van der Waals surface area contributed by atoms with Crippen LogP contribution < -0.4 is 5.01 Å². The second-order valence-corrected chi connectivity index (χ2v) is 12.6. The van der Waals surface area contributed by atoms with E-state index in [0.717, 1.165) is 29.5 Å². The minimum atomic E-state index is -0.376. The predicted octanol–water partition coefficient (Wildman–Crippen LogP) is 2.92. The van der Waals surface area contributed by atoms with Gasteiger partial charge in [0.15, 0.2) is 11.5 Å². The quantitative estimate of drug-likeness (QED) is 0.469. The summed E-state index contributed by atoms with van der Waals surface area (Å²) in [6.07, 6.45) is 7.40. The highest BCUT2D eigenvalue weighted by molar-refractivity contribution is 5.92. The van der Waals surface area contributed by atoms with Crippen LogP contribution in [-0.2, 0) is 22.7 Å². The minimum Gasteiger partial charge on any atom is -0.341 e. The van der Waals surface area contributed by atoms with Crippen LogP contribution in [-0.4, -0.2) is 79.3 Å². The van der Waals surface area contributed by atoms with E-state index in [2.05, 4.69) is 46.8 Å². The molecule has 6 heterocycles. The number of anilines is 1. The van der Waals surface area contributed by atoms with E-state index in [1.165, 1.54) is 0 Å². The fourth-order valence-electron chi connectivity index (χ4n) is 6.31. The number of pyridine rings is 2. The van der Waals surface area contributed by atoms with Crippen molar-refractivity contribution in [3.8, 4) is 6.07 Å². The molecule has 0 unspecified atom stereocenters. The summed E-state index contributed by atoms with van der Waals surface area (Å²) in [5.74, 6) is 0.915. The second kappa shape index (κ2) is 10.3. The molecule has 11 nitrogen and oxygen atoms in total. The second-order valence-electron chi connectivity index (χ2n) is 12.6. The van der Waals surface area contributed by atoms with Gasteiger partial charge in [0.05, 0.1) is 17.3 Å². The Morgan fingerprint density at radius 2 is 1.78 bits per heavy atom. The summed E-state index contributed by atoms with van der Waals surface area (Å²) in [6, 6.07) is 7.89. The molecule has 2 fully saturated rings. The first-order valence-corrected chi connectivity index (χ1v) is 14.2. The molecule has 0 bridgehead atoms. The highest BCUT2D eigenvalue weighted by Crippen LogP contribution is 2.42. The zero-order valence-electron chi connectivity index (χ0n) is 23.9. The maximum Gasteiger partial charge on any atom is 0.238 e. The number of nitriles is 1. The topological polar surface area (TPSA) is 122 Å². The highest BCUT2D eigenvalue weighted by Gasteiger charge is 2.48. The largest absolute Gasteiger partial charge is 0.341 e. The molecule has 6 rings (SSSR count). The third-order valence-corrected chi connectivity index (χ3v) is 8.44. The average Bonchev–Trinajstić information content (AvgIpc) is 3.24. The van der Waals surface area contributed by atoms with Gasteiger partial charge < -0.3 is 9.80 Å². The van der Waals surface area contributed by atoms with Crippen LogP contribution in [0.3, 0.4) is 0 Å². The van der Waals surface area contributed by atoms with Gasteiger partial charge in [-0.15, -0.1) is 0 Å². The van der Waals surface area contributed by atoms with Crippen LogP contribution in [0.25, 0.3) is 11.0 Å². The first-order valence-electron chi connectivity index (χ1n) is 14.2. The van der Waals surface area contributed by atoms with Crippen molar-refractivity contribution in [1.29, 1.82) is 5.26 Å². The number of aromatic nitrogens is 4. The SMILES string of the molecule is CC(C)(C)CN1c2nc(C#N)nc3nccc(c23)CN1CC(=O)N1CCC2(CC1)CCN(Cc1ccncc1)C2=O. The normalized spacial score (nSPS) is 18.8. The van der Waals surface area contributed by atoms with Gasteiger partial charge in [-0.1, -0.05) is 20.8 Å². The lowest BCUT2D eigenvalue weighted by atomic mass is 9.77. The summed E-state index contributed by atoms with van der Waals surface area (Å²) < 4.78 is 0. The number of hydrogen-bond donors (Lipinski definition) is 0. The zero-order valence-corrected chi connectivity index (χ0v) is 23.9. The van der Waals surface area contributed by atoms with Gasteiger partial charge in [-0.25, -0.2) is 9.99 Å². The number of amides is 2. The number of carbonyl (C=O) groups is 2. The monoisotopic (exact) mass is 553 g/mol. The molecular weight excluding hydrogens is 518 g/mol. The number of nitrogens with zero attached hydrogens (tertiary/aromatic N) is 9. The molecule has 3 aromatic rings. The summed E-state index contributed by atoms with van der Waals surface area (Å²) in [5.41, 5.74) is 2.08. The van der Waals surface area contributed by atoms with Crippen molar-refractivity contribution in [3.63, 3.8) is 0 Å². The molecule has 2 amide bonds. The first kappa shape index (κ1) is 27.0. The molecule has 1 spiro atoms. The molecule has 0 atom stereocenters. The maximum atomic E-state index is 13.7. The Labute approximate surface area is 239 Å². The van der Waals surface area contributed by atoms with Crippen molar-refractivity contribution in [2.75, 3.05) is 37.7 Å². The van der Waals surface area contributed by atoms with Gasteiger partial charge in [-0.2, -0.15) is 15.2 Å². The summed E-state index contributed by atoms with van der Waals surface area (Å²) in [4.78, 5) is 48.4. The lowest BCUT2D eigenvalue weighted by Gasteiger charge is -2.44. The standard InChI is InChI=1S/C30H35N9O2/c1-29(2,3)20-39-27-25-22(6-12-33-26(25)34-23(16-31)35-27)18-38(39)19-24(40)36-13-7-30(8-14-36)9-15-37(28(30)41)17-21-4-10-32-11-5-21/h4-6,10-12H,7-9,13-15,17-20H2,1-3H3. The molecule has 0 radical (unpaired) electrons. The summed E-state index contributed by atoms with van der Waals surface area (Å²) in [5, 5.41) is 14.5. The molecule has 3 aliphatic heterocycles. The molecule has 3 aromatic heterocycles. The van der Waals surface area contributed by atoms with E-state index in [0.29, 0.717) is 57.0 Å². The molecule has 212 valence electrons. The Kier molecular flexibility index (Phi) is 6.82. The number of rotatable bonds is 5. The third-order valence-electron chi connectivity index (χ3n) is 8.44. The minimum absolute atomic E-state index is 0.0289. The van der Waals surface area contributed by atoms with Crippen LogP contribution in [0.5, 0.6) is 0 Å². The highest BCUT2D eigenvalue weighted by atomic mass is 16.2. The van der Waals surface area contributed by atoms with E-state index in [1.807, 2.05) is 38.0 Å². The summed E-state index contributed by atoms with van der Waals surface area (Å²) in [6.45, 7) is 10.2. The van der Waals surface area contributed by atoms with Crippen molar-refractivity contribution in [3.05, 3.63) is 53.7 Å². The van der Waals surface area contributed by atoms with E-state index in [4.69, 9.17) is 0 Å². The Hall–Kier alpha value is -4.17. The number of piperidine rings is 1. The van der Waals surface area contributed by atoms with Crippen LogP contribution in [0.15, 0.2) is 36.8 Å². The van der Waals surface area contributed by atoms with E-state index in [1.54, 1.807) is 18.6 Å². The van der Waals surface area contributed by atoms with Crippen LogP contribution in [0.4, 0.5) is 5.82 Å². The molecule has 3 aliphatic rings. The zero-order chi connectivity index (χ0) is 28.8. The van der Waals surface area contributed by atoms with Gasteiger partial charge in [0.1, 0.15) is 6.07 Å². The molecule has 41 heavy (non-hydrogen) atoms. The molecule has 0 aliphatic carbocycles. The van der Waals surface area contributed by atoms with Crippen molar-refractivity contribution in [2.45, 2.75) is 53.1 Å². The van der Waals surface area contributed by atoms with Crippen molar-refractivity contribution < 1.29 is 9.59 Å². The smallest absolute Gasteiger partial charge is 0.238 e. The summed E-state index contributed by atoms with van der Waals surface area (Å²) >= 11 is 0. The molecule has 0 N–H and O–H groups in total. The summed E-state index contributed by atoms with van der Waals surface area (Å²) in [7, 11) is 0. The molecule has 0 saturated carbocycles. The van der Waals surface area contributed by atoms with Crippen LogP contribution >= 0.6 is 0 Å². The first-order chi connectivity index (χ1) is 19.7. The number of hydrazine groups is 1. The van der Waals surface area contributed by atoms with Gasteiger partial charge in [0.25, 0.3) is 0 Å². The Balaban J connectivity index is 1.16. The van der Waals surface area contributed by atoms with Crippen LogP contribution in [0, 0.1) is 22.2 Å². The number of carbonyl (C=O) groups excluding carboxylic acids is 2. The Morgan fingerprint density at radius 1 is 1.05 bits per heavy atom. The molecule has 11 heteroatoms. The van der Waals surface area contributed by atoms with E-state index in [9.17, 15) is 14.9 Å². The lowest BCUT2D eigenvalue weighted by Crippen LogP contribution is -2.54. The van der Waals surface area contributed by atoms with E-state index >= 15 is 0 Å². The lowest BCUT2D eigenvalue weighted by molar-refractivity contribution is -0.143. The van der Waals surface area contributed by atoms with Crippen LogP contribution in [0.1, 0.15) is 57.0 Å². The van der Waals surface area contributed by atoms with E-state index < -0.39 is 0 Å². The molecule has 2 saturated heterocycles. The van der Waals surface area contributed by atoms with Crippen molar-refractivity contribution in [1.82, 2.24) is 34.7 Å². The fourth-order valence-corrected chi connectivity index (χ4v) is 6.31. The predicted molar refractivity (Wildman–Crippen MR) is 152 cm³/mol. The Bertz CT molecular complexity index is 1520. The fraction of sp³-hybridized carbons (Fsp3) is 0.500. The van der Waals surface area contributed by atoms with Crippen LogP contribution in [0.2, 0.25) is 0 Å². The molecule has 0 aromatic carbocycles. The van der Waals surface area contributed by atoms with Gasteiger partial charge in [-0.05, 0) is 54.0 Å². The molecular formula is C30H35N9O2.